The topological polar surface area (TPSA) is 96.3 Å². The van der Waals surface area contributed by atoms with Gasteiger partial charge in [0.1, 0.15) is 11.5 Å². The summed E-state index contributed by atoms with van der Waals surface area (Å²) >= 11 is 0. The van der Waals surface area contributed by atoms with Gasteiger partial charge in [0.15, 0.2) is 5.78 Å². The predicted molar refractivity (Wildman–Crippen MR) is 218 cm³/mol. The number of fused-ring (bicyclic) bond motifs is 2. The van der Waals surface area contributed by atoms with Crippen molar-refractivity contribution in [3.05, 3.63) is 131 Å². The van der Waals surface area contributed by atoms with E-state index in [0.29, 0.717) is 49.7 Å². The number of ketones is 1. The van der Waals surface area contributed by atoms with Gasteiger partial charge in [0.25, 0.3) is 0 Å². The third-order valence-corrected chi connectivity index (χ3v) is 15.6. The number of allylic oxidation sites excluding steroid dienone is 4. The van der Waals surface area contributed by atoms with Gasteiger partial charge >= 0.3 is 18.6 Å². The van der Waals surface area contributed by atoms with E-state index in [1.165, 1.54) is 29.2 Å². The first kappa shape index (κ1) is 42.2. The highest BCUT2D eigenvalue weighted by atomic mass is 19.4. The van der Waals surface area contributed by atoms with E-state index in [2.05, 4.69) is 23.8 Å². The monoisotopic (exact) mass is 859 g/mol. The van der Waals surface area contributed by atoms with Crippen molar-refractivity contribution < 1.29 is 55.6 Å². The van der Waals surface area contributed by atoms with Gasteiger partial charge in [-0.15, -0.1) is 13.2 Å². The Bertz CT molecular complexity index is 2500. The first-order valence-corrected chi connectivity index (χ1v) is 21.1. The number of ether oxygens (including phenoxy) is 2. The first-order valence-electron chi connectivity index (χ1n) is 21.1. The maximum atomic E-state index is 14.9. The highest BCUT2D eigenvalue weighted by Crippen LogP contribution is 2.78. The molecule has 326 valence electrons. The Balaban J connectivity index is 1.09. The SMILES string of the molecule is C[C@]12CC[C@H]3[C@]4(C=C[C@@]5(C=C4C(=O)c4cccc(C(F)(F)F)c4)CC(O)CC[C@]35C)[C@@H]1CC[C@@]2(O)CN(Cc1ccc(OC(F)(F)F)cc1)C(=O)Oc1ccc2ccccc2c1. The lowest BCUT2D eigenvalue weighted by Crippen LogP contribution is -2.67. The fourth-order valence-electron chi connectivity index (χ4n) is 12.5. The van der Waals surface area contributed by atoms with Crippen molar-refractivity contribution in [3.63, 3.8) is 0 Å². The molecule has 2 N–H and O–H groups in total. The van der Waals surface area contributed by atoms with E-state index in [0.717, 1.165) is 35.0 Å². The maximum absolute atomic E-state index is 14.9. The van der Waals surface area contributed by atoms with Gasteiger partial charge in [0, 0.05) is 33.9 Å². The number of carbonyl (C=O) groups is 2. The van der Waals surface area contributed by atoms with Gasteiger partial charge in [-0.05, 0) is 115 Å². The highest BCUT2D eigenvalue weighted by Gasteiger charge is 2.74. The molecule has 0 heterocycles. The number of Topliss-reactive ketones (excluding diaryl/α,β-unsaturated/α-hetero) is 1. The van der Waals surface area contributed by atoms with Gasteiger partial charge in [-0.25, -0.2) is 4.79 Å². The summed E-state index contributed by atoms with van der Waals surface area (Å²) in [6.07, 6.45) is -1.62. The molecule has 8 atom stereocenters. The molecule has 0 radical (unpaired) electrons. The normalized spacial score (nSPS) is 32.4. The molecule has 0 saturated heterocycles. The largest absolute Gasteiger partial charge is 0.573 e. The number of aliphatic hydroxyl groups is 2. The number of alkyl halides is 6. The third kappa shape index (κ3) is 6.72. The number of carbonyl (C=O) groups excluding carboxylic acids is 2. The van der Waals surface area contributed by atoms with Gasteiger partial charge < -0.3 is 24.6 Å². The van der Waals surface area contributed by atoms with Crippen LogP contribution in [-0.4, -0.2) is 51.6 Å². The van der Waals surface area contributed by atoms with Crippen molar-refractivity contribution in [2.75, 3.05) is 6.54 Å². The lowest BCUT2D eigenvalue weighted by Gasteiger charge is -2.71. The molecule has 1 amide bonds. The number of halogens is 6. The molecular weight excluding hydrogens is 813 g/mol. The van der Waals surface area contributed by atoms with Crippen LogP contribution in [0.5, 0.6) is 11.5 Å². The summed E-state index contributed by atoms with van der Waals surface area (Å²) in [5, 5.41) is 25.9. The summed E-state index contributed by atoms with van der Waals surface area (Å²) in [5.74, 6) is -1.25. The molecule has 62 heavy (non-hydrogen) atoms. The van der Waals surface area contributed by atoms with Gasteiger partial charge in [0.05, 0.1) is 23.8 Å². The molecule has 0 aromatic heterocycles. The van der Waals surface area contributed by atoms with Gasteiger partial charge in [-0.2, -0.15) is 13.2 Å². The average Bonchev–Trinajstić information content (AvgIpc) is 3.49. The molecule has 4 aromatic rings. The van der Waals surface area contributed by atoms with Crippen LogP contribution in [0.15, 0.2) is 115 Å². The van der Waals surface area contributed by atoms with Crippen LogP contribution in [0, 0.1) is 33.5 Å². The first-order chi connectivity index (χ1) is 29.2. The third-order valence-electron chi connectivity index (χ3n) is 15.6. The fraction of sp³-hybridized carbons (Fsp3) is 0.429. The van der Waals surface area contributed by atoms with Crippen LogP contribution in [0.4, 0.5) is 31.1 Å². The molecule has 3 fully saturated rings. The zero-order valence-corrected chi connectivity index (χ0v) is 34.2. The molecule has 2 spiro atoms. The lowest BCUT2D eigenvalue weighted by molar-refractivity contribution is -0.274. The maximum Gasteiger partial charge on any atom is 0.573 e. The van der Waals surface area contributed by atoms with Gasteiger partial charge in [-0.1, -0.05) is 86.7 Å². The van der Waals surface area contributed by atoms with E-state index in [1.807, 2.05) is 43.3 Å². The second kappa shape index (κ2) is 14.5. The van der Waals surface area contributed by atoms with E-state index < -0.39 is 75.0 Å². The number of benzene rings is 4. The second-order valence-corrected chi connectivity index (χ2v) is 18.6. The molecule has 2 bridgehead atoms. The molecule has 3 saturated carbocycles. The molecular formula is C49H47F6NO6. The van der Waals surface area contributed by atoms with E-state index in [9.17, 15) is 46.1 Å². The Labute approximate surface area is 355 Å². The molecule has 6 aliphatic carbocycles. The number of amides is 1. The van der Waals surface area contributed by atoms with Crippen molar-refractivity contribution in [3.8, 4) is 11.5 Å². The van der Waals surface area contributed by atoms with E-state index >= 15 is 0 Å². The number of aliphatic hydroxyl groups excluding tert-OH is 1. The Kier molecular flexibility index (Phi) is 9.83. The molecule has 6 aliphatic rings. The number of hydrogen-bond donors (Lipinski definition) is 2. The van der Waals surface area contributed by atoms with Crippen LogP contribution in [0.25, 0.3) is 10.8 Å². The molecule has 4 aromatic carbocycles. The summed E-state index contributed by atoms with van der Waals surface area (Å²) in [4.78, 5) is 30.6. The number of rotatable bonds is 8. The van der Waals surface area contributed by atoms with Crippen LogP contribution < -0.4 is 9.47 Å². The van der Waals surface area contributed by atoms with Crippen molar-refractivity contribution in [1.82, 2.24) is 4.90 Å². The zero-order chi connectivity index (χ0) is 44.1. The van der Waals surface area contributed by atoms with Crippen molar-refractivity contribution in [1.29, 1.82) is 0 Å². The molecule has 10 rings (SSSR count). The smallest absolute Gasteiger partial charge is 0.410 e. The van der Waals surface area contributed by atoms with Crippen LogP contribution in [-0.2, 0) is 12.7 Å². The number of nitrogens with zero attached hydrogens (tertiary/aromatic N) is 1. The fourth-order valence-corrected chi connectivity index (χ4v) is 12.5. The Hall–Kier alpha value is -5.14. The van der Waals surface area contributed by atoms with Gasteiger partial charge in [0.2, 0.25) is 0 Å². The van der Waals surface area contributed by atoms with Crippen LogP contribution in [0.3, 0.4) is 0 Å². The summed E-state index contributed by atoms with van der Waals surface area (Å²) in [7, 11) is 0. The molecule has 1 unspecified atom stereocenters. The minimum absolute atomic E-state index is 0.0931. The van der Waals surface area contributed by atoms with Crippen LogP contribution in [0.1, 0.15) is 80.3 Å². The zero-order valence-electron chi connectivity index (χ0n) is 34.2. The summed E-state index contributed by atoms with van der Waals surface area (Å²) in [6, 6.07) is 22.3. The molecule has 0 aliphatic heterocycles. The molecule has 13 heteroatoms. The van der Waals surface area contributed by atoms with Crippen LogP contribution >= 0.6 is 0 Å². The Morgan fingerprint density at radius 3 is 2.18 bits per heavy atom. The second-order valence-electron chi connectivity index (χ2n) is 18.6. The van der Waals surface area contributed by atoms with Crippen LogP contribution in [0.2, 0.25) is 0 Å². The Morgan fingerprint density at radius 1 is 0.774 bits per heavy atom. The predicted octanol–water partition coefficient (Wildman–Crippen LogP) is 11.2. The summed E-state index contributed by atoms with van der Waals surface area (Å²) in [5.41, 5.74) is -4.84. The molecule has 7 nitrogen and oxygen atoms in total. The van der Waals surface area contributed by atoms with Crippen molar-refractivity contribution in [2.45, 2.75) is 89.6 Å². The highest BCUT2D eigenvalue weighted by molar-refractivity contribution is 6.10. The number of hydrogen-bond acceptors (Lipinski definition) is 6. The van der Waals surface area contributed by atoms with E-state index in [1.54, 1.807) is 12.1 Å². The lowest BCUT2D eigenvalue weighted by atomic mass is 9.32. The van der Waals surface area contributed by atoms with Gasteiger partial charge in [-0.3, -0.25) is 4.79 Å². The average molecular weight is 860 g/mol. The van der Waals surface area contributed by atoms with E-state index in [-0.39, 0.29) is 36.7 Å². The minimum atomic E-state index is -4.90. The Morgan fingerprint density at radius 2 is 1.45 bits per heavy atom. The quantitative estimate of drug-likeness (QED) is 0.104. The van der Waals surface area contributed by atoms with Crippen molar-refractivity contribution in [2.24, 2.45) is 33.5 Å². The summed E-state index contributed by atoms with van der Waals surface area (Å²) < 4.78 is 91.0. The van der Waals surface area contributed by atoms with E-state index in [4.69, 9.17) is 4.74 Å². The minimum Gasteiger partial charge on any atom is -0.410 e. The summed E-state index contributed by atoms with van der Waals surface area (Å²) in [6.45, 7) is 3.79. The standard InChI is InChI=1S/C49H47F6NO6/c1-43-19-16-35(57)26-45(43)22-23-47(38(27-45)41(58)33-8-5-9-34(24-33)48(50,51)52)39(43)17-20-44(2)40(47)18-21-46(44,60)29-56(28-30-10-13-36(14-11-30)62-49(53,54)55)42(59)61-37-15-12-31-6-3-4-7-32(31)25-37/h3-15,22-25,27,35,39-40,57,60H,16-21,26,28-29H2,1-2H3/t35?,39-,40-,43-,44+,45+,46-,47-/m1/s1. The van der Waals surface area contributed by atoms with Crippen molar-refractivity contribution >= 4 is 22.6 Å².